The number of rotatable bonds is 3. The summed E-state index contributed by atoms with van der Waals surface area (Å²) in [6.45, 7) is 0.0700. The summed E-state index contributed by atoms with van der Waals surface area (Å²) in [5.74, 6) is -0.269. The topological polar surface area (TPSA) is 92.1 Å². The lowest BCUT2D eigenvalue weighted by molar-refractivity contribution is 0.0813. The molecule has 1 heterocycles. The van der Waals surface area contributed by atoms with Gasteiger partial charge in [-0.05, 0) is 6.07 Å². The number of furan rings is 1. The third-order valence-corrected chi connectivity index (χ3v) is 1.64. The third-order valence-electron chi connectivity index (χ3n) is 1.64. The van der Waals surface area contributed by atoms with Crippen LogP contribution in [-0.4, -0.2) is 35.4 Å². The fraction of sp³-hybridized carbons (Fsp3) is 0.250. The third kappa shape index (κ3) is 2.25. The second kappa shape index (κ2) is 4.31. The molecule has 0 unspecified atom stereocenters. The predicted molar refractivity (Wildman–Crippen MR) is 49.1 cm³/mol. The van der Waals surface area contributed by atoms with Crippen molar-refractivity contribution in [3.05, 3.63) is 24.2 Å². The normalized spacial score (nSPS) is 11.4. The van der Waals surface area contributed by atoms with Crippen molar-refractivity contribution >= 4 is 11.7 Å². The summed E-state index contributed by atoms with van der Waals surface area (Å²) in [6.07, 6.45) is 2.75. The number of hydrogen-bond donors (Lipinski definition) is 2. The van der Waals surface area contributed by atoms with Gasteiger partial charge in [-0.25, -0.2) is 0 Å². The Balaban J connectivity index is 2.62. The van der Waals surface area contributed by atoms with Gasteiger partial charge in [-0.1, -0.05) is 5.16 Å². The van der Waals surface area contributed by atoms with Crippen molar-refractivity contribution < 1.29 is 14.4 Å². The van der Waals surface area contributed by atoms with Gasteiger partial charge in [0, 0.05) is 7.05 Å². The van der Waals surface area contributed by atoms with Crippen molar-refractivity contribution in [1.82, 2.24) is 4.90 Å². The molecule has 1 aromatic rings. The fourth-order valence-electron chi connectivity index (χ4n) is 0.953. The highest BCUT2D eigenvalue weighted by atomic mass is 16.4. The zero-order valence-corrected chi connectivity index (χ0v) is 7.67. The summed E-state index contributed by atoms with van der Waals surface area (Å²) in [6, 6.07) is 1.55. The first-order valence-corrected chi connectivity index (χ1v) is 3.89. The van der Waals surface area contributed by atoms with Crippen LogP contribution in [0.2, 0.25) is 0 Å². The summed E-state index contributed by atoms with van der Waals surface area (Å²) < 4.78 is 4.76. The molecular weight excluding hydrogens is 186 g/mol. The zero-order chi connectivity index (χ0) is 10.6. The Kier molecular flexibility index (Phi) is 3.11. The minimum Gasteiger partial charge on any atom is -0.472 e. The molecule has 6 nitrogen and oxygen atoms in total. The number of nitrogens with two attached hydrogens (primary N) is 1. The molecule has 0 fully saturated rings. The van der Waals surface area contributed by atoms with E-state index in [4.69, 9.17) is 15.4 Å². The van der Waals surface area contributed by atoms with E-state index in [0.717, 1.165) is 0 Å². The Hall–Kier alpha value is -1.98. The van der Waals surface area contributed by atoms with Crippen molar-refractivity contribution in [1.29, 1.82) is 0 Å². The Labute approximate surface area is 80.6 Å². The first-order valence-electron chi connectivity index (χ1n) is 3.89. The van der Waals surface area contributed by atoms with E-state index in [0.29, 0.717) is 5.56 Å². The highest BCUT2D eigenvalue weighted by molar-refractivity contribution is 5.96. The van der Waals surface area contributed by atoms with Gasteiger partial charge in [-0.2, -0.15) is 0 Å². The molecule has 0 atom stereocenters. The molecule has 0 saturated heterocycles. The Morgan fingerprint density at radius 3 is 3.00 bits per heavy atom. The SMILES string of the molecule is CN(CC(N)=NO)C(=O)c1ccoc1. The maximum Gasteiger partial charge on any atom is 0.257 e. The molecule has 0 aliphatic heterocycles. The maximum absolute atomic E-state index is 11.5. The first kappa shape index (κ1) is 10.1. The van der Waals surface area contributed by atoms with E-state index in [1.165, 1.54) is 17.4 Å². The fourth-order valence-corrected chi connectivity index (χ4v) is 0.953. The lowest BCUT2D eigenvalue weighted by Crippen LogP contribution is -2.35. The molecule has 14 heavy (non-hydrogen) atoms. The molecule has 3 N–H and O–H groups in total. The highest BCUT2D eigenvalue weighted by Crippen LogP contribution is 2.03. The van der Waals surface area contributed by atoms with Gasteiger partial charge >= 0.3 is 0 Å². The molecule has 1 amide bonds. The number of hydrogen-bond acceptors (Lipinski definition) is 4. The first-order chi connectivity index (χ1) is 6.65. The van der Waals surface area contributed by atoms with Crippen molar-refractivity contribution in [2.75, 3.05) is 13.6 Å². The van der Waals surface area contributed by atoms with E-state index >= 15 is 0 Å². The van der Waals surface area contributed by atoms with E-state index in [1.807, 2.05) is 0 Å². The van der Waals surface area contributed by atoms with Gasteiger partial charge in [0.25, 0.3) is 5.91 Å². The average Bonchev–Trinajstić information content (AvgIpc) is 2.69. The van der Waals surface area contributed by atoms with E-state index in [2.05, 4.69) is 5.16 Å². The monoisotopic (exact) mass is 197 g/mol. The summed E-state index contributed by atoms with van der Waals surface area (Å²) in [5.41, 5.74) is 5.68. The molecule has 0 bridgehead atoms. The van der Waals surface area contributed by atoms with Crippen molar-refractivity contribution in [3.8, 4) is 0 Å². The van der Waals surface area contributed by atoms with Crippen molar-refractivity contribution in [2.24, 2.45) is 10.9 Å². The van der Waals surface area contributed by atoms with Crippen LogP contribution in [0, 0.1) is 0 Å². The molecule has 1 rings (SSSR count). The largest absolute Gasteiger partial charge is 0.472 e. The van der Waals surface area contributed by atoms with Gasteiger partial charge in [0.1, 0.15) is 6.26 Å². The van der Waals surface area contributed by atoms with Gasteiger partial charge in [0.2, 0.25) is 0 Å². The number of amides is 1. The van der Waals surface area contributed by atoms with E-state index in [1.54, 1.807) is 13.1 Å². The second-order valence-corrected chi connectivity index (χ2v) is 2.76. The quantitative estimate of drug-likeness (QED) is 0.311. The molecule has 0 spiro atoms. The Morgan fingerprint density at radius 1 is 1.79 bits per heavy atom. The number of oxime groups is 1. The summed E-state index contributed by atoms with van der Waals surface area (Å²) >= 11 is 0. The minimum absolute atomic E-state index is 0.0238. The van der Waals surface area contributed by atoms with Crippen LogP contribution in [0.4, 0.5) is 0 Å². The zero-order valence-electron chi connectivity index (χ0n) is 7.67. The number of carbonyl (C=O) groups excluding carboxylic acids is 1. The Morgan fingerprint density at radius 2 is 2.50 bits per heavy atom. The van der Waals surface area contributed by atoms with Gasteiger partial charge in [0.15, 0.2) is 5.84 Å². The van der Waals surface area contributed by atoms with Gasteiger partial charge in [-0.3, -0.25) is 4.79 Å². The molecule has 6 heteroatoms. The van der Waals surface area contributed by atoms with Crippen molar-refractivity contribution in [3.63, 3.8) is 0 Å². The van der Waals surface area contributed by atoms with Crippen LogP contribution >= 0.6 is 0 Å². The average molecular weight is 197 g/mol. The molecule has 0 aliphatic rings. The Bertz CT molecular complexity index is 332. The second-order valence-electron chi connectivity index (χ2n) is 2.76. The minimum atomic E-state index is -0.245. The molecule has 0 radical (unpaired) electrons. The van der Waals surface area contributed by atoms with Crippen molar-refractivity contribution in [2.45, 2.75) is 0 Å². The van der Waals surface area contributed by atoms with E-state index in [-0.39, 0.29) is 18.3 Å². The molecule has 0 aliphatic carbocycles. The molecule has 0 saturated carbocycles. The van der Waals surface area contributed by atoms with Crippen LogP contribution in [-0.2, 0) is 0 Å². The van der Waals surface area contributed by atoms with Crippen LogP contribution < -0.4 is 5.73 Å². The summed E-state index contributed by atoms with van der Waals surface area (Å²) in [4.78, 5) is 12.9. The van der Waals surface area contributed by atoms with Crippen LogP contribution in [0.1, 0.15) is 10.4 Å². The van der Waals surface area contributed by atoms with Crippen LogP contribution in [0.15, 0.2) is 28.2 Å². The summed E-state index contributed by atoms with van der Waals surface area (Å²) in [7, 11) is 1.55. The number of nitrogens with zero attached hydrogens (tertiary/aromatic N) is 2. The smallest absolute Gasteiger partial charge is 0.257 e. The predicted octanol–water partition coefficient (Wildman–Crippen LogP) is 0.0980. The molecule has 0 aromatic carbocycles. The number of likely N-dealkylation sites (N-methyl/N-ethyl adjacent to an activating group) is 1. The molecular formula is C8H11N3O3. The van der Waals surface area contributed by atoms with Crippen LogP contribution in [0.5, 0.6) is 0 Å². The standard InChI is InChI=1S/C8H11N3O3/c1-11(4-7(9)10-13)8(12)6-2-3-14-5-6/h2-3,5,13H,4H2,1H3,(H2,9,10). The maximum atomic E-state index is 11.5. The van der Waals surface area contributed by atoms with Gasteiger partial charge in [0.05, 0.1) is 18.4 Å². The van der Waals surface area contributed by atoms with E-state index in [9.17, 15) is 4.79 Å². The lowest BCUT2D eigenvalue weighted by atomic mass is 10.3. The molecule has 1 aromatic heterocycles. The van der Waals surface area contributed by atoms with Gasteiger partial charge < -0.3 is 20.3 Å². The molecule has 76 valence electrons. The number of amidine groups is 1. The van der Waals surface area contributed by atoms with E-state index < -0.39 is 0 Å². The number of carbonyl (C=O) groups is 1. The van der Waals surface area contributed by atoms with Crippen LogP contribution in [0.25, 0.3) is 0 Å². The van der Waals surface area contributed by atoms with Crippen LogP contribution in [0.3, 0.4) is 0 Å². The highest BCUT2D eigenvalue weighted by Gasteiger charge is 2.13. The summed E-state index contributed by atoms with van der Waals surface area (Å²) in [5, 5.41) is 11.1. The lowest BCUT2D eigenvalue weighted by Gasteiger charge is -2.14. The van der Waals surface area contributed by atoms with Gasteiger partial charge in [-0.15, -0.1) is 0 Å².